The molecule has 3 heterocycles. The quantitative estimate of drug-likeness (QED) is 0.816. The minimum absolute atomic E-state index is 0.291. The van der Waals surface area contributed by atoms with Gasteiger partial charge >= 0.3 is 0 Å². The molecule has 1 saturated heterocycles. The van der Waals surface area contributed by atoms with Crippen molar-refractivity contribution in [2.24, 2.45) is 5.92 Å². The fraction of sp³-hybridized carbons (Fsp3) is 0.526. The Morgan fingerprint density at radius 2 is 2.25 bits per heavy atom. The first-order chi connectivity index (χ1) is 11.9. The summed E-state index contributed by atoms with van der Waals surface area (Å²) in [6.07, 6.45) is 9.88. The fourth-order valence-corrected chi connectivity index (χ4v) is 3.94. The molecular formula is C19H24N2O3. The second kappa shape index (κ2) is 7.47. The van der Waals surface area contributed by atoms with Gasteiger partial charge in [-0.05, 0) is 30.5 Å². The zero-order valence-corrected chi connectivity index (χ0v) is 13.8. The lowest BCUT2D eigenvalue weighted by Gasteiger charge is -2.39. The van der Waals surface area contributed by atoms with Crippen molar-refractivity contribution in [3.63, 3.8) is 0 Å². The summed E-state index contributed by atoms with van der Waals surface area (Å²) in [6.45, 7) is 4.13. The zero-order valence-electron chi connectivity index (χ0n) is 13.8. The minimum Gasteiger partial charge on any atom is -0.472 e. The molecular weight excluding hydrogens is 304 g/mol. The lowest BCUT2D eigenvalue weighted by molar-refractivity contribution is -0.0892. The van der Waals surface area contributed by atoms with E-state index in [0.29, 0.717) is 24.7 Å². The van der Waals surface area contributed by atoms with Crippen LogP contribution >= 0.6 is 0 Å². The van der Waals surface area contributed by atoms with Crippen LogP contribution in [0.4, 0.5) is 0 Å². The van der Waals surface area contributed by atoms with Crippen LogP contribution in [0.3, 0.4) is 0 Å². The molecule has 1 saturated carbocycles. The van der Waals surface area contributed by atoms with Gasteiger partial charge in [0.2, 0.25) is 0 Å². The van der Waals surface area contributed by atoms with Crippen LogP contribution in [0.5, 0.6) is 0 Å². The molecule has 2 aliphatic rings. The Balaban J connectivity index is 1.31. The van der Waals surface area contributed by atoms with E-state index in [1.807, 2.05) is 30.7 Å². The van der Waals surface area contributed by atoms with Crippen LogP contribution in [0, 0.1) is 5.92 Å². The largest absolute Gasteiger partial charge is 0.472 e. The van der Waals surface area contributed by atoms with Gasteiger partial charge in [-0.15, -0.1) is 0 Å². The second-order valence-corrected chi connectivity index (χ2v) is 6.72. The number of nitrogens with zero attached hydrogens (tertiary/aromatic N) is 2. The SMILES string of the molecule is c1cncc(COCC2CC[C@@H]3[C@@H]2OCCN3Cc2ccoc2)c1. The first kappa shape index (κ1) is 15.8. The van der Waals surface area contributed by atoms with E-state index in [2.05, 4.69) is 9.88 Å². The summed E-state index contributed by atoms with van der Waals surface area (Å²) in [4.78, 5) is 6.67. The number of morpholine rings is 1. The highest BCUT2D eigenvalue weighted by Crippen LogP contribution is 2.35. The number of furan rings is 1. The van der Waals surface area contributed by atoms with E-state index in [9.17, 15) is 0 Å². The van der Waals surface area contributed by atoms with Crippen molar-refractivity contribution in [3.8, 4) is 0 Å². The Kier molecular flexibility index (Phi) is 4.92. The number of rotatable bonds is 6. The molecule has 4 rings (SSSR count). The average molecular weight is 328 g/mol. The highest BCUT2D eigenvalue weighted by atomic mass is 16.5. The zero-order chi connectivity index (χ0) is 16.2. The van der Waals surface area contributed by atoms with E-state index in [1.165, 1.54) is 18.4 Å². The Bertz CT molecular complexity index is 617. The first-order valence-corrected chi connectivity index (χ1v) is 8.73. The van der Waals surface area contributed by atoms with Gasteiger partial charge in [-0.3, -0.25) is 9.88 Å². The standard InChI is InChI=1S/C19H24N2O3/c1-2-15(10-20-6-1)12-23-14-17-3-4-18-19(17)24-9-7-21(18)11-16-5-8-22-13-16/h1-2,5-6,8,10,13,17-19H,3-4,7,9,11-12,14H2/t17?,18-,19-/m1/s1. The van der Waals surface area contributed by atoms with Crippen LogP contribution in [0.1, 0.15) is 24.0 Å². The van der Waals surface area contributed by atoms with Crippen molar-refractivity contribution in [2.75, 3.05) is 19.8 Å². The molecule has 2 aromatic rings. The van der Waals surface area contributed by atoms with E-state index < -0.39 is 0 Å². The normalized spacial score (nSPS) is 27.2. The highest BCUT2D eigenvalue weighted by molar-refractivity contribution is 5.08. The Labute approximate surface area is 142 Å². The number of fused-ring (bicyclic) bond motifs is 1. The summed E-state index contributed by atoms with van der Waals surface area (Å²) in [5, 5.41) is 0. The summed E-state index contributed by atoms with van der Waals surface area (Å²) < 4.78 is 17.3. The number of hydrogen-bond donors (Lipinski definition) is 0. The molecule has 0 aromatic carbocycles. The lowest BCUT2D eigenvalue weighted by atomic mass is 10.0. The van der Waals surface area contributed by atoms with Crippen LogP contribution in [0.15, 0.2) is 47.5 Å². The van der Waals surface area contributed by atoms with E-state index in [-0.39, 0.29) is 0 Å². The third kappa shape index (κ3) is 3.53. The predicted octanol–water partition coefficient (Wildman–Crippen LogP) is 2.87. The van der Waals surface area contributed by atoms with Crippen LogP contribution in [0.2, 0.25) is 0 Å². The maximum atomic E-state index is 6.11. The van der Waals surface area contributed by atoms with Crippen LogP contribution in [0.25, 0.3) is 0 Å². The van der Waals surface area contributed by atoms with Gasteiger partial charge in [0, 0.05) is 43.0 Å². The highest BCUT2D eigenvalue weighted by Gasteiger charge is 2.42. The molecule has 0 amide bonds. The van der Waals surface area contributed by atoms with E-state index in [4.69, 9.17) is 13.9 Å². The van der Waals surface area contributed by atoms with Gasteiger partial charge in [-0.1, -0.05) is 6.07 Å². The van der Waals surface area contributed by atoms with Crippen LogP contribution in [-0.4, -0.2) is 41.8 Å². The van der Waals surface area contributed by atoms with E-state index in [1.54, 1.807) is 12.5 Å². The molecule has 0 N–H and O–H groups in total. The van der Waals surface area contributed by atoms with Crippen molar-refractivity contribution in [1.29, 1.82) is 0 Å². The van der Waals surface area contributed by atoms with E-state index >= 15 is 0 Å². The molecule has 0 spiro atoms. The lowest BCUT2D eigenvalue weighted by Crippen LogP contribution is -2.50. The molecule has 3 atom stereocenters. The Morgan fingerprint density at radius 3 is 3.08 bits per heavy atom. The number of aromatic nitrogens is 1. The second-order valence-electron chi connectivity index (χ2n) is 6.72. The summed E-state index contributed by atoms with van der Waals surface area (Å²) in [6, 6.07) is 6.55. The topological polar surface area (TPSA) is 47.7 Å². The summed E-state index contributed by atoms with van der Waals surface area (Å²) in [5.41, 5.74) is 2.37. The Hall–Kier alpha value is -1.69. The van der Waals surface area contributed by atoms with Crippen molar-refractivity contribution >= 4 is 0 Å². The third-order valence-electron chi connectivity index (χ3n) is 5.12. The summed E-state index contributed by atoms with van der Waals surface area (Å²) in [7, 11) is 0. The molecule has 0 radical (unpaired) electrons. The molecule has 128 valence electrons. The third-order valence-corrected chi connectivity index (χ3v) is 5.12. The van der Waals surface area contributed by atoms with Crippen molar-refractivity contribution < 1.29 is 13.9 Å². The van der Waals surface area contributed by atoms with E-state index in [0.717, 1.165) is 31.9 Å². The van der Waals surface area contributed by atoms with Gasteiger partial charge in [0.1, 0.15) is 0 Å². The molecule has 1 unspecified atom stereocenters. The van der Waals surface area contributed by atoms with Gasteiger partial charge < -0.3 is 13.9 Å². The fourth-order valence-electron chi connectivity index (χ4n) is 3.94. The smallest absolute Gasteiger partial charge is 0.0947 e. The van der Waals surface area contributed by atoms with Gasteiger partial charge in [-0.25, -0.2) is 0 Å². The summed E-state index contributed by atoms with van der Waals surface area (Å²) in [5.74, 6) is 0.485. The van der Waals surface area contributed by atoms with Crippen molar-refractivity contribution in [1.82, 2.24) is 9.88 Å². The molecule has 1 aliphatic carbocycles. The van der Waals surface area contributed by atoms with Gasteiger partial charge in [0.05, 0.1) is 38.5 Å². The number of ether oxygens (including phenoxy) is 2. The van der Waals surface area contributed by atoms with Gasteiger partial charge in [0.25, 0.3) is 0 Å². The number of pyridine rings is 1. The summed E-state index contributed by atoms with van der Waals surface area (Å²) >= 11 is 0. The molecule has 5 heteroatoms. The molecule has 2 fully saturated rings. The van der Waals surface area contributed by atoms with Crippen molar-refractivity contribution in [3.05, 3.63) is 54.2 Å². The van der Waals surface area contributed by atoms with Gasteiger partial charge in [0.15, 0.2) is 0 Å². The molecule has 2 aromatic heterocycles. The average Bonchev–Trinajstić information content (AvgIpc) is 3.27. The maximum absolute atomic E-state index is 6.11. The predicted molar refractivity (Wildman–Crippen MR) is 89.3 cm³/mol. The number of hydrogen-bond acceptors (Lipinski definition) is 5. The van der Waals surface area contributed by atoms with Gasteiger partial charge in [-0.2, -0.15) is 0 Å². The molecule has 1 aliphatic heterocycles. The first-order valence-electron chi connectivity index (χ1n) is 8.73. The maximum Gasteiger partial charge on any atom is 0.0947 e. The monoisotopic (exact) mass is 328 g/mol. The van der Waals surface area contributed by atoms with Crippen LogP contribution < -0.4 is 0 Å². The Morgan fingerprint density at radius 1 is 1.25 bits per heavy atom. The van der Waals surface area contributed by atoms with Crippen molar-refractivity contribution in [2.45, 2.75) is 38.1 Å². The molecule has 0 bridgehead atoms. The molecule has 5 nitrogen and oxygen atoms in total. The molecule has 24 heavy (non-hydrogen) atoms. The van der Waals surface area contributed by atoms with Crippen LogP contribution in [-0.2, 0) is 22.6 Å². The minimum atomic E-state index is 0.291.